The van der Waals surface area contributed by atoms with Gasteiger partial charge in [-0.25, -0.2) is 9.78 Å². The number of carbonyl (C=O) groups is 1. The number of nitrogen functional groups attached to an aromatic ring is 1. The minimum atomic E-state index is -0.472. The van der Waals surface area contributed by atoms with Gasteiger partial charge in [0.1, 0.15) is 11.6 Å². The Hall–Kier alpha value is -1.56. The number of likely N-dealkylation sites (tertiary alicyclic amines) is 1. The number of hydrogen-bond acceptors (Lipinski definition) is 5. The second-order valence-electron chi connectivity index (χ2n) is 5.26. The minimum absolute atomic E-state index is 0.228. The largest absolute Gasteiger partial charge is 0.464 e. The van der Waals surface area contributed by atoms with E-state index in [2.05, 4.69) is 23.9 Å². The highest BCUT2D eigenvalue weighted by Crippen LogP contribution is 2.30. The number of ether oxygens (including phenoxy) is 1. The standard InChI is InChI=1S/C13H22N4O2/c1-8-7-10(5-6-16(8)3)17-9(2)15-11(12(17)14)13(18)19-4/h8,10H,5-7,14H2,1-4H3. The third-order valence-corrected chi connectivity index (χ3v) is 4.05. The number of nitrogens with two attached hydrogens (primary N) is 1. The molecular formula is C13H22N4O2. The summed E-state index contributed by atoms with van der Waals surface area (Å²) in [5.41, 5.74) is 6.31. The zero-order valence-electron chi connectivity index (χ0n) is 12.0. The fraction of sp³-hybridized carbons (Fsp3) is 0.692. The summed E-state index contributed by atoms with van der Waals surface area (Å²) in [5.74, 6) is 0.728. The summed E-state index contributed by atoms with van der Waals surface area (Å²) in [6.45, 7) is 5.11. The van der Waals surface area contributed by atoms with Gasteiger partial charge in [-0.1, -0.05) is 0 Å². The van der Waals surface area contributed by atoms with Gasteiger partial charge in [0.05, 0.1) is 7.11 Å². The highest BCUT2D eigenvalue weighted by Gasteiger charge is 2.29. The van der Waals surface area contributed by atoms with E-state index >= 15 is 0 Å². The van der Waals surface area contributed by atoms with Crippen molar-refractivity contribution in [2.75, 3.05) is 26.4 Å². The van der Waals surface area contributed by atoms with Crippen LogP contribution in [0, 0.1) is 6.92 Å². The molecule has 2 heterocycles. The maximum Gasteiger partial charge on any atom is 0.360 e. The van der Waals surface area contributed by atoms with Gasteiger partial charge in [0.15, 0.2) is 5.69 Å². The van der Waals surface area contributed by atoms with Gasteiger partial charge in [0, 0.05) is 18.6 Å². The van der Waals surface area contributed by atoms with E-state index in [-0.39, 0.29) is 5.69 Å². The first-order valence-electron chi connectivity index (χ1n) is 6.58. The summed E-state index contributed by atoms with van der Waals surface area (Å²) in [7, 11) is 3.47. The van der Waals surface area contributed by atoms with Crippen LogP contribution in [0.1, 0.15) is 42.1 Å². The van der Waals surface area contributed by atoms with Crippen LogP contribution in [0.2, 0.25) is 0 Å². The van der Waals surface area contributed by atoms with Crippen molar-refractivity contribution in [3.05, 3.63) is 11.5 Å². The topological polar surface area (TPSA) is 73.4 Å². The van der Waals surface area contributed by atoms with Crippen molar-refractivity contribution in [1.29, 1.82) is 0 Å². The predicted octanol–water partition coefficient (Wildman–Crippen LogP) is 1.22. The fourth-order valence-corrected chi connectivity index (χ4v) is 2.77. The quantitative estimate of drug-likeness (QED) is 0.815. The molecule has 0 spiro atoms. The summed E-state index contributed by atoms with van der Waals surface area (Å²) >= 11 is 0. The second-order valence-corrected chi connectivity index (χ2v) is 5.26. The summed E-state index contributed by atoms with van der Waals surface area (Å²) < 4.78 is 6.69. The maximum atomic E-state index is 11.6. The molecule has 1 aliphatic rings. The van der Waals surface area contributed by atoms with Crippen molar-refractivity contribution in [1.82, 2.24) is 14.5 Å². The average molecular weight is 266 g/mol. The van der Waals surface area contributed by atoms with Gasteiger partial charge in [0.2, 0.25) is 0 Å². The predicted molar refractivity (Wildman–Crippen MR) is 73.1 cm³/mol. The number of methoxy groups -OCH3 is 1. The SMILES string of the molecule is COC(=O)c1nc(C)n(C2CCN(C)C(C)C2)c1N. The number of esters is 1. The van der Waals surface area contributed by atoms with Crippen molar-refractivity contribution in [2.24, 2.45) is 0 Å². The molecule has 2 rings (SSSR count). The molecular weight excluding hydrogens is 244 g/mol. The molecule has 0 amide bonds. The second kappa shape index (κ2) is 5.21. The third kappa shape index (κ3) is 2.45. The Morgan fingerprint density at radius 2 is 2.21 bits per heavy atom. The molecule has 0 saturated carbocycles. The monoisotopic (exact) mass is 266 g/mol. The lowest BCUT2D eigenvalue weighted by molar-refractivity contribution is 0.0595. The van der Waals surface area contributed by atoms with Gasteiger partial charge in [-0.15, -0.1) is 0 Å². The number of anilines is 1. The zero-order chi connectivity index (χ0) is 14.2. The van der Waals surface area contributed by atoms with Crippen LogP contribution >= 0.6 is 0 Å². The van der Waals surface area contributed by atoms with Crippen LogP contribution in [0.5, 0.6) is 0 Å². The third-order valence-electron chi connectivity index (χ3n) is 4.05. The van der Waals surface area contributed by atoms with Gasteiger partial charge in [0.25, 0.3) is 0 Å². The first-order chi connectivity index (χ1) is 8.95. The van der Waals surface area contributed by atoms with Gasteiger partial charge in [-0.05, 0) is 33.7 Å². The van der Waals surface area contributed by atoms with Crippen molar-refractivity contribution >= 4 is 11.8 Å². The summed E-state index contributed by atoms with van der Waals surface area (Å²) in [6, 6.07) is 0.804. The van der Waals surface area contributed by atoms with E-state index in [0.717, 1.165) is 25.2 Å². The zero-order valence-corrected chi connectivity index (χ0v) is 12.0. The Kier molecular flexibility index (Phi) is 3.80. The van der Waals surface area contributed by atoms with Crippen LogP contribution in [-0.2, 0) is 4.74 Å². The number of nitrogens with zero attached hydrogens (tertiary/aromatic N) is 3. The van der Waals surface area contributed by atoms with Crippen LogP contribution < -0.4 is 5.73 Å². The van der Waals surface area contributed by atoms with Gasteiger partial charge in [-0.3, -0.25) is 0 Å². The Morgan fingerprint density at radius 3 is 2.79 bits per heavy atom. The Labute approximate surface area is 113 Å². The minimum Gasteiger partial charge on any atom is -0.464 e. The molecule has 1 aromatic rings. The molecule has 1 fully saturated rings. The molecule has 1 aromatic heterocycles. The van der Waals surface area contributed by atoms with E-state index in [1.165, 1.54) is 7.11 Å². The molecule has 0 aromatic carbocycles. The Morgan fingerprint density at radius 1 is 1.53 bits per heavy atom. The average Bonchev–Trinajstić information content (AvgIpc) is 2.68. The first-order valence-corrected chi connectivity index (χ1v) is 6.58. The molecule has 6 nitrogen and oxygen atoms in total. The molecule has 19 heavy (non-hydrogen) atoms. The number of aromatic nitrogens is 2. The summed E-state index contributed by atoms with van der Waals surface area (Å²) in [6.07, 6.45) is 2.03. The van der Waals surface area contributed by atoms with Crippen LogP contribution in [0.25, 0.3) is 0 Å². The van der Waals surface area contributed by atoms with E-state index in [4.69, 9.17) is 10.5 Å². The molecule has 0 bridgehead atoms. The lowest BCUT2D eigenvalue weighted by Crippen LogP contribution is -2.38. The molecule has 2 unspecified atom stereocenters. The fourth-order valence-electron chi connectivity index (χ4n) is 2.77. The highest BCUT2D eigenvalue weighted by atomic mass is 16.5. The van der Waals surface area contributed by atoms with Gasteiger partial charge in [-0.2, -0.15) is 0 Å². The summed E-state index contributed by atoms with van der Waals surface area (Å²) in [5, 5.41) is 0. The number of piperidine rings is 1. The summed E-state index contributed by atoms with van der Waals surface area (Å²) in [4.78, 5) is 18.2. The van der Waals surface area contributed by atoms with Crippen molar-refractivity contribution in [3.63, 3.8) is 0 Å². The Balaban J connectivity index is 2.30. The van der Waals surface area contributed by atoms with Crippen molar-refractivity contribution in [2.45, 2.75) is 38.8 Å². The van der Waals surface area contributed by atoms with Crippen LogP contribution in [0.15, 0.2) is 0 Å². The molecule has 106 valence electrons. The smallest absolute Gasteiger partial charge is 0.360 e. The Bertz CT molecular complexity index is 483. The van der Waals surface area contributed by atoms with Gasteiger partial charge >= 0.3 is 5.97 Å². The maximum absolute atomic E-state index is 11.6. The molecule has 2 N–H and O–H groups in total. The van der Waals surface area contributed by atoms with E-state index in [1.807, 2.05) is 11.5 Å². The molecule has 1 saturated heterocycles. The van der Waals surface area contributed by atoms with E-state index < -0.39 is 5.97 Å². The first kappa shape index (κ1) is 13.9. The lowest BCUT2D eigenvalue weighted by Gasteiger charge is -2.36. The van der Waals surface area contributed by atoms with Crippen LogP contribution in [0.3, 0.4) is 0 Å². The normalized spacial score (nSPS) is 24.4. The highest BCUT2D eigenvalue weighted by molar-refractivity contribution is 5.92. The van der Waals surface area contributed by atoms with E-state index in [9.17, 15) is 4.79 Å². The van der Waals surface area contributed by atoms with Gasteiger partial charge < -0.3 is 19.9 Å². The number of hydrogen-bond donors (Lipinski definition) is 1. The lowest BCUT2D eigenvalue weighted by atomic mass is 9.98. The number of rotatable bonds is 2. The molecule has 6 heteroatoms. The van der Waals surface area contributed by atoms with Crippen molar-refractivity contribution < 1.29 is 9.53 Å². The molecule has 1 aliphatic heterocycles. The van der Waals surface area contributed by atoms with Crippen molar-refractivity contribution in [3.8, 4) is 0 Å². The van der Waals surface area contributed by atoms with Crippen LogP contribution in [0.4, 0.5) is 5.82 Å². The number of carbonyl (C=O) groups excluding carboxylic acids is 1. The van der Waals surface area contributed by atoms with Crippen LogP contribution in [-0.4, -0.2) is 47.2 Å². The number of aryl methyl sites for hydroxylation is 1. The number of imidazole rings is 1. The molecule has 0 aliphatic carbocycles. The van der Waals surface area contributed by atoms with E-state index in [0.29, 0.717) is 17.9 Å². The molecule has 2 atom stereocenters. The molecule has 0 radical (unpaired) electrons. The van der Waals surface area contributed by atoms with E-state index in [1.54, 1.807) is 0 Å².